The van der Waals surface area contributed by atoms with Gasteiger partial charge in [0, 0.05) is 37.7 Å². The molecule has 0 amide bonds. The molecule has 0 aliphatic heterocycles. The first-order valence-electron chi connectivity index (χ1n) is 8.64. The Morgan fingerprint density at radius 3 is 2.48 bits per heavy atom. The third-order valence-electron chi connectivity index (χ3n) is 3.99. The first-order valence-corrected chi connectivity index (χ1v) is 8.64. The number of rotatable bonds is 6. The van der Waals surface area contributed by atoms with E-state index in [1.807, 2.05) is 0 Å². The van der Waals surface area contributed by atoms with Gasteiger partial charge in [0.1, 0.15) is 23.7 Å². The lowest BCUT2D eigenvalue weighted by Gasteiger charge is -2.12. The Kier molecular flexibility index (Phi) is 8.50. The van der Waals surface area contributed by atoms with Crippen LogP contribution in [0.3, 0.4) is 0 Å². The van der Waals surface area contributed by atoms with Crippen LogP contribution in [0, 0.1) is 17.5 Å². The molecule has 0 radical (unpaired) electrons. The summed E-state index contributed by atoms with van der Waals surface area (Å²) in [7, 11) is 1.58. The van der Waals surface area contributed by atoms with E-state index in [-0.39, 0.29) is 41.9 Å². The van der Waals surface area contributed by atoms with Crippen molar-refractivity contribution in [3.05, 3.63) is 77.4 Å². The Bertz CT molecular complexity index is 961. The third kappa shape index (κ3) is 6.48. The number of hydrogen-bond acceptors (Lipinski definition) is 3. The summed E-state index contributed by atoms with van der Waals surface area (Å²) in [6.07, 6.45) is 2.10. The van der Waals surface area contributed by atoms with Crippen molar-refractivity contribution in [1.29, 1.82) is 0 Å². The second kappa shape index (κ2) is 10.8. The minimum atomic E-state index is -0.496. The van der Waals surface area contributed by atoms with Gasteiger partial charge < -0.3 is 15.1 Å². The molecule has 154 valence electrons. The maximum atomic E-state index is 13.7. The van der Waals surface area contributed by atoms with Gasteiger partial charge >= 0.3 is 0 Å². The van der Waals surface area contributed by atoms with Gasteiger partial charge in [-0.05, 0) is 42.5 Å². The van der Waals surface area contributed by atoms with Gasteiger partial charge in [-0.15, -0.1) is 24.0 Å². The van der Waals surface area contributed by atoms with E-state index in [4.69, 9.17) is 4.42 Å². The number of aliphatic imine (C=N–C) groups is 1. The summed E-state index contributed by atoms with van der Waals surface area (Å²) in [4.78, 5) is 8.41. The fraction of sp³-hybridized carbons (Fsp3) is 0.200. The fourth-order valence-corrected chi connectivity index (χ4v) is 2.53. The molecule has 9 heteroatoms. The smallest absolute Gasteiger partial charge is 0.226 e. The SMILES string of the molecule is CN=C(NCCc1coc(-c2ccc(F)cc2)n1)NCc1cc(F)ccc1F.I. The summed E-state index contributed by atoms with van der Waals surface area (Å²) in [6.45, 7) is 0.600. The number of halogens is 4. The molecule has 0 atom stereocenters. The highest BCUT2D eigenvalue weighted by Crippen LogP contribution is 2.19. The van der Waals surface area contributed by atoms with Gasteiger partial charge in [-0.3, -0.25) is 4.99 Å². The van der Waals surface area contributed by atoms with Gasteiger partial charge in [0.25, 0.3) is 0 Å². The molecule has 0 aliphatic carbocycles. The predicted octanol–water partition coefficient (Wildman–Crippen LogP) is 4.28. The molecule has 0 saturated heterocycles. The van der Waals surface area contributed by atoms with Gasteiger partial charge in [0.05, 0.1) is 5.69 Å². The molecule has 0 fully saturated rings. The number of nitrogens with one attached hydrogen (secondary N) is 2. The molecular weight excluding hydrogens is 496 g/mol. The average molecular weight is 516 g/mol. The Hall–Kier alpha value is -2.56. The van der Waals surface area contributed by atoms with Crippen molar-refractivity contribution in [3.8, 4) is 11.5 Å². The number of nitrogens with zero attached hydrogens (tertiary/aromatic N) is 2. The first kappa shape index (κ1) is 22.7. The maximum Gasteiger partial charge on any atom is 0.226 e. The normalized spacial score (nSPS) is 11.1. The molecule has 3 aromatic rings. The highest BCUT2D eigenvalue weighted by Gasteiger charge is 2.08. The van der Waals surface area contributed by atoms with Crippen LogP contribution in [0.1, 0.15) is 11.3 Å². The van der Waals surface area contributed by atoms with E-state index in [1.54, 1.807) is 25.4 Å². The van der Waals surface area contributed by atoms with E-state index in [0.717, 1.165) is 23.9 Å². The summed E-state index contributed by atoms with van der Waals surface area (Å²) in [5.74, 6) is -0.439. The maximum absolute atomic E-state index is 13.7. The lowest BCUT2D eigenvalue weighted by molar-refractivity contribution is 0.571. The van der Waals surface area contributed by atoms with Crippen molar-refractivity contribution in [3.63, 3.8) is 0 Å². The van der Waals surface area contributed by atoms with Gasteiger partial charge in [0.2, 0.25) is 5.89 Å². The van der Waals surface area contributed by atoms with Crippen LogP contribution in [-0.4, -0.2) is 24.5 Å². The Labute approximate surface area is 183 Å². The van der Waals surface area contributed by atoms with Crippen LogP contribution in [0.4, 0.5) is 13.2 Å². The van der Waals surface area contributed by atoms with Crippen LogP contribution < -0.4 is 10.6 Å². The molecule has 0 spiro atoms. The van der Waals surface area contributed by atoms with Crippen LogP contribution in [0.5, 0.6) is 0 Å². The fourth-order valence-electron chi connectivity index (χ4n) is 2.53. The Morgan fingerprint density at radius 1 is 1.03 bits per heavy atom. The second-order valence-corrected chi connectivity index (χ2v) is 5.99. The van der Waals surface area contributed by atoms with Crippen molar-refractivity contribution in [2.45, 2.75) is 13.0 Å². The third-order valence-corrected chi connectivity index (χ3v) is 3.99. The van der Waals surface area contributed by atoms with E-state index in [0.29, 0.717) is 30.4 Å². The van der Waals surface area contributed by atoms with Crippen molar-refractivity contribution in [2.24, 2.45) is 4.99 Å². The molecule has 0 unspecified atom stereocenters. The summed E-state index contributed by atoms with van der Waals surface area (Å²) >= 11 is 0. The summed E-state index contributed by atoms with van der Waals surface area (Å²) < 4.78 is 45.3. The van der Waals surface area contributed by atoms with Gasteiger partial charge in [0.15, 0.2) is 5.96 Å². The van der Waals surface area contributed by atoms with E-state index >= 15 is 0 Å². The summed E-state index contributed by atoms with van der Waals surface area (Å²) in [5.41, 5.74) is 1.62. The molecule has 3 rings (SSSR count). The molecule has 5 nitrogen and oxygen atoms in total. The number of oxazole rings is 1. The Morgan fingerprint density at radius 2 is 1.76 bits per heavy atom. The number of hydrogen-bond donors (Lipinski definition) is 2. The molecular formula is C20H20F3IN4O. The van der Waals surface area contributed by atoms with Gasteiger partial charge in [-0.25, -0.2) is 18.2 Å². The first-order chi connectivity index (χ1) is 13.5. The molecule has 0 bridgehead atoms. The minimum absolute atomic E-state index is 0. The molecule has 1 heterocycles. The highest BCUT2D eigenvalue weighted by atomic mass is 127. The molecule has 29 heavy (non-hydrogen) atoms. The molecule has 0 saturated carbocycles. The predicted molar refractivity (Wildman–Crippen MR) is 116 cm³/mol. The topological polar surface area (TPSA) is 62.5 Å². The van der Waals surface area contributed by atoms with E-state index in [2.05, 4.69) is 20.6 Å². The number of aromatic nitrogens is 1. The standard InChI is InChI=1S/C20H19F3N4O.HI/c1-24-20(26-11-14-10-16(22)6-7-18(14)23)25-9-8-17-12-28-19(27-17)13-2-4-15(21)5-3-13;/h2-7,10,12H,8-9,11H2,1H3,(H2,24,25,26);1H. The van der Waals surface area contributed by atoms with Gasteiger partial charge in [-0.1, -0.05) is 0 Å². The van der Waals surface area contributed by atoms with Crippen LogP contribution in [-0.2, 0) is 13.0 Å². The van der Waals surface area contributed by atoms with Crippen LogP contribution in [0.2, 0.25) is 0 Å². The Balaban J connectivity index is 0.00000300. The highest BCUT2D eigenvalue weighted by molar-refractivity contribution is 14.0. The van der Waals surface area contributed by atoms with E-state index in [9.17, 15) is 13.2 Å². The average Bonchev–Trinajstić information content (AvgIpc) is 3.16. The zero-order valence-corrected chi connectivity index (χ0v) is 17.9. The molecule has 0 aliphatic rings. The van der Waals surface area contributed by atoms with Crippen molar-refractivity contribution in [1.82, 2.24) is 15.6 Å². The van der Waals surface area contributed by atoms with Crippen LogP contribution >= 0.6 is 24.0 Å². The van der Waals surface area contributed by atoms with Crippen molar-refractivity contribution < 1.29 is 17.6 Å². The summed E-state index contributed by atoms with van der Waals surface area (Å²) in [6, 6.07) is 9.19. The monoisotopic (exact) mass is 516 g/mol. The van der Waals surface area contributed by atoms with E-state index < -0.39 is 11.6 Å². The number of guanidine groups is 1. The number of benzene rings is 2. The molecule has 2 aromatic carbocycles. The minimum Gasteiger partial charge on any atom is -0.444 e. The molecule has 2 N–H and O–H groups in total. The van der Waals surface area contributed by atoms with E-state index in [1.165, 1.54) is 12.1 Å². The lowest BCUT2D eigenvalue weighted by atomic mass is 10.2. The molecule has 1 aromatic heterocycles. The zero-order valence-electron chi connectivity index (χ0n) is 15.6. The van der Waals surface area contributed by atoms with Crippen molar-refractivity contribution >= 4 is 29.9 Å². The second-order valence-electron chi connectivity index (χ2n) is 5.99. The van der Waals surface area contributed by atoms with Crippen LogP contribution in [0.25, 0.3) is 11.5 Å². The quantitative estimate of drug-likeness (QED) is 0.292. The largest absolute Gasteiger partial charge is 0.444 e. The van der Waals surface area contributed by atoms with Gasteiger partial charge in [-0.2, -0.15) is 0 Å². The van der Waals surface area contributed by atoms with Crippen LogP contribution in [0.15, 0.2) is 58.1 Å². The zero-order chi connectivity index (χ0) is 19.9. The van der Waals surface area contributed by atoms with Crippen molar-refractivity contribution in [2.75, 3.05) is 13.6 Å². The summed E-state index contributed by atoms with van der Waals surface area (Å²) in [5, 5.41) is 6.00. The lowest BCUT2D eigenvalue weighted by Crippen LogP contribution is -2.38.